The molecule has 0 aromatic heterocycles. The molecule has 10 heteroatoms. The highest BCUT2D eigenvalue weighted by Gasteiger charge is 2.22. The Morgan fingerprint density at radius 2 is 0.488 bits per heavy atom. The first-order valence-corrected chi connectivity index (χ1v) is 40.6. The fourth-order valence-electron chi connectivity index (χ4n) is 11.5. The van der Waals surface area contributed by atoms with Gasteiger partial charge in [-0.2, -0.15) is 0 Å². The van der Waals surface area contributed by atoms with Gasteiger partial charge in [-0.15, -0.1) is 0 Å². The van der Waals surface area contributed by atoms with Crippen molar-refractivity contribution in [2.75, 3.05) is 24.6 Å². The monoisotopic (exact) mass is 1240 g/mol. The lowest BCUT2D eigenvalue weighted by Gasteiger charge is -2.19. The molecule has 0 spiro atoms. The third-order valence-corrected chi connectivity index (χ3v) is 19.8. The van der Waals surface area contributed by atoms with E-state index in [0.717, 1.165) is 77.0 Å². The predicted molar refractivity (Wildman–Crippen MR) is 384 cm³/mol. The SMILES string of the molecule is CCCCCCCC/C=C/CCCCCCCC(=O)NC(CCSSCCC(NC(=O)CCCCCCC/C=C/CCCCCCCC)C(=O)NCCCCCCCCCCCCCCCC)C(=O)NCCCCCCCCCCCCCCCC. The lowest BCUT2D eigenvalue weighted by Crippen LogP contribution is -2.47. The minimum absolute atomic E-state index is 0.0302. The molecule has 0 aliphatic carbocycles. The summed E-state index contributed by atoms with van der Waals surface area (Å²) < 4.78 is 0. The Morgan fingerprint density at radius 1 is 0.279 bits per heavy atom. The molecule has 506 valence electrons. The second kappa shape index (κ2) is 72.1. The number of carbonyl (C=O) groups excluding carboxylic acids is 4. The van der Waals surface area contributed by atoms with Crippen LogP contribution in [0, 0.1) is 0 Å². The van der Waals surface area contributed by atoms with Crippen molar-refractivity contribution in [3.63, 3.8) is 0 Å². The van der Waals surface area contributed by atoms with Gasteiger partial charge in [0.1, 0.15) is 12.1 Å². The molecular weight excluding hydrogens is 1100 g/mol. The van der Waals surface area contributed by atoms with Gasteiger partial charge in [0.05, 0.1) is 0 Å². The van der Waals surface area contributed by atoms with Crippen LogP contribution in [0.25, 0.3) is 0 Å². The predicted octanol–water partition coefficient (Wildman–Crippen LogP) is 23.4. The van der Waals surface area contributed by atoms with E-state index in [-0.39, 0.29) is 23.6 Å². The van der Waals surface area contributed by atoms with E-state index < -0.39 is 12.1 Å². The van der Waals surface area contributed by atoms with Crippen LogP contribution in [-0.2, 0) is 19.2 Å². The molecule has 4 amide bonds. The Labute approximate surface area is 543 Å². The highest BCUT2D eigenvalue weighted by Crippen LogP contribution is 2.25. The molecule has 0 fully saturated rings. The average molecular weight is 1240 g/mol. The van der Waals surface area contributed by atoms with E-state index in [9.17, 15) is 19.2 Å². The van der Waals surface area contributed by atoms with Crippen molar-refractivity contribution in [3.8, 4) is 0 Å². The Bertz CT molecular complexity index is 1390. The first kappa shape index (κ1) is 84.1. The first-order valence-electron chi connectivity index (χ1n) is 38.1. The zero-order valence-corrected chi connectivity index (χ0v) is 59.4. The summed E-state index contributed by atoms with van der Waals surface area (Å²) in [5.74, 6) is 1.19. The normalized spacial score (nSPS) is 12.4. The maximum Gasteiger partial charge on any atom is 0.242 e. The number of hydrogen-bond donors (Lipinski definition) is 4. The fourth-order valence-corrected chi connectivity index (χ4v) is 13.7. The molecule has 2 unspecified atom stereocenters. The smallest absolute Gasteiger partial charge is 0.242 e. The molecule has 0 saturated carbocycles. The Morgan fingerprint density at radius 3 is 0.733 bits per heavy atom. The molecule has 0 bridgehead atoms. The molecule has 0 radical (unpaired) electrons. The molecule has 8 nitrogen and oxygen atoms in total. The molecule has 0 aromatic rings. The number of allylic oxidation sites excluding steroid dienone is 4. The van der Waals surface area contributed by atoms with Gasteiger partial charge in [-0.1, -0.05) is 343 Å². The zero-order chi connectivity index (χ0) is 62.4. The van der Waals surface area contributed by atoms with Crippen molar-refractivity contribution in [3.05, 3.63) is 24.3 Å². The summed E-state index contributed by atoms with van der Waals surface area (Å²) in [7, 11) is 3.38. The standard InChI is InChI=1S/C76H146N4O4S2/c1-5-9-13-17-21-25-29-33-37-39-43-47-51-55-59-63-73(81)79-71(75(83)77-67-61-57-53-49-45-41-35-31-27-23-19-15-11-7-3)65-69-85-86-70-66-72(76(84)78-68-62-58-54-50-46-42-36-32-28-24-20-16-12-8-4)80-74(82)64-60-56-52-48-44-40-38-34-30-26-22-18-14-10-6-2/h33-34,37-38,71-72H,5-32,35-36,39-70H2,1-4H3,(H,77,83)(H,78,84)(H,79,81)(H,80,82)/b37-33+,38-34+. The van der Waals surface area contributed by atoms with Gasteiger partial charge in [-0.3, -0.25) is 19.2 Å². The number of unbranched alkanes of at least 4 members (excludes halogenated alkanes) is 48. The minimum Gasteiger partial charge on any atom is -0.354 e. The average Bonchev–Trinajstić information content (AvgIpc) is 3.57. The van der Waals surface area contributed by atoms with Crippen LogP contribution in [0.15, 0.2) is 24.3 Å². The summed E-state index contributed by atoms with van der Waals surface area (Å²) in [5.41, 5.74) is 0. The fraction of sp³-hybridized carbons (Fsp3) is 0.895. The topological polar surface area (TPSA) is 116 Å². The molecule has 0 saturated heterocycles. The van der Waals surface area contributed by atoms with Crippen LogP contribution < -0.4 is 21.3 Å². The van der Waals surface area contributed by atoms with E-state index in [1.807, 2.05) is 0 Å². The van der Waals surface area contributed by atoms with Gasteiger partial charge in [0.15, 0.2) is 0 Å². The van der Waals surface area contributed by atoms with Crippen LogP contribution in [0.2, 0.25) is 0 Å². The number of carbonyl (C=O) groups is 4. The molecule has 86 heavy (non-hydrogen) atoms. The van der Waals surface area contributed by atoms with E-state index >= 15 is 0 Å². The quantitative estimate of drug-likeness (QED) is 0.0274. The molecular formula is C76H146N4O4S2. The highest BCUT2D eigenvalue weighted by atomic mass is 33.1. The summed E-state index contributed by atoms with van der Waals surface area (Å²) in [6.07, 6.45) is 79.6. The van der Waals surface area contributed by atoms with E-state index in [0.29, 0.717) is 50.3 Å². The van der Waals surface area contributed by atoms with E-state index in [1.54, 1.807) is 21.6 Å². The van der Waals surface area contributed by atoms with Gasteiger partial charge < -0.3 is 21.3 Å². The highest BCUT2D eigenvalue weighted by molar-refractivity contribution is 8.76. The van der Waals surface area contributed by atoms with Crippen molar-refractivity contribution < 1.29 is 19.2 Å². The molecule has 0 heterocycles. The van der Waals surface area contributed by atoms with Gasteiger partial charge in [-0.05, 0) is 89.9 Å². The summed E-state index contributed by atoms with van der Waals surface area (Å²) in [6, 6.07) is -1.12. The number of nitrogens with one attached hydrogen (secondary N) is 4. The summed E-state index contributed by atoms with van der Waals surface area (Å²) >= 11 is 0. The van der Waals surface area contributed by atoms with Gasteiger partial charge in [-0.25, -0.2) is 0 Å². The summed E-state index contributed by atoms with van der Waals surface area (Å²) in [4.78, 5) is 53.9. The second-order valence-corrected chi connectivity index (χ2v) is 28.6. The maximum absolute atomic E-state index is 13.7. The Kier molecular flexibility index (Phi) is 70.5. The summed E-state index contributed by atoms with van der Waals surface area (Å²) in [5, 5.41) is 12.6. The van der Waals surface area contributed by atoms with Gasteiger partial charge in [0.2, 0.25) is 23.6 Å². The molecule has 4 N–H and O–H groups in total. The van der Waals surface area contributed by atoms with Crippen LogP contribution in [0.5, 0.6) is 0 Å². The number of rotatable bonds is 71. The van der Waals surface area contributed by atoms with Crippen LogP contribution in [0.1, 0.15) is 400 Å². The van der Waals surface area contributed by atoms with Crippen molar-refractivity contribution in [2.45, 2.75) is 412 Å². The van der Waals surface area contributed by atoms with E-state index in [4.69, 9.17) is 0 Å². The van der Waals surface area contributed by atoms with Gasteiger partial charge in [0, 0.05) is 37.4 Å². The van der Waals surface area contributed by atoms with Crippen molar-refractivity contribution in [1.29, 1.82) is 0 Å². The first-order chi connectivity index (χ1) is 42.4. The second-order valence-electron chi connectivity index (χ2n) is 25.9. The third-order valence-electron chi connectivity index (χ3n) is 17.4. The van der Waals surface area contributed by atoms with Crippen LogP contribution in [0.4, 0.5) is 0 Å². The Hall–Kier alpha value is -1.94. The van der Waals surface area contributed by atoms with Gasteiger partial charge >= 0.3 is 0 Å². The van der Waals surface area contributed by atoms with Crippen molar-refractivity contribution >= 4 is 45.2 Å². The summed E-state index contributed by atoms with van der Waals surface area (Å²) in [6.45, 7) is 10.4. The van der Waals surface area contributed by atoms with Crippen LogP contribution in [-0.4, -0.2) is 60.3 Å². The lowest BCUT2D eigenvalue weighted by atomic mass is 10.0. The largest absolute Gasteiger partial charge is 0.354 e. The molecule has 2 atom stereocenters. The number of amides is 4. The molecule has 0 aromatic carbocycles. The maximum atomic E-state index is 13.7. The molecule has 0 aliphatic rings. The Balaban J connectivity index is 5.11. The third kappa shape index (κ3) is 65.0. The van der Waals surface area contributed by atoms with Crippen molar-refractivity contribution in [2.24, 2.45) is 0 Å². The van der Waals surface area contributed by atoms with Crippen molar-refractivity contribution in [1.82, 2.24) is 21.3 Å². The molecule has 0 rings (SSSR count). The lowest BCUT2D eigenvalue weighted by molar-refractivity contribution is -0.129. The van der Waals surface area contributed by atoms with Crippen LogP contribution >= 0.6 is 21.6 Å². The minimum atomic E-state index is -0.561. The zero-order valence-electron chi connectivity index (χ0n) is 57.8. The number of hydrogen-bond acceptors (Lipinski definition) is 6. The molecule has 0 aliphatic heterocycles. The van der Waals surface area contributed by atoms with Crippen LogP contribution in [0.3, 0.4) is 0 Å². The van der Waals surface area contributed by atoms with Gasteiger partial charge in [0.25, 0.3) is 0 Å². The van der Waals surface area contributed by atoms with E-state index in [1.165, 1.54) is 270 Å². The van der Waals surface area contributed by atoms with E-state index in [2.05, 4.69) is 73.3 Å².